The predicted octanol–water partition coefficient (Wildman–Crippen LogP) is 5.01. The van der Waals surface area contributed by atoms with Crippen molar-refractivity contribution in [1.29, 1.82) is 0 Å². The summed E-state index contributed by atoms with van der Waals surface area (Å²) in [4.78, 5) is 24.0. The Labute approximate surface area is 210 Å². The maximum atomic E-state index is 12.0. The van der Waals surface area contributed by atoms with Crippen LogP contribution in [-0.4, -0.2) is 25.1 Å². The largest absolute Gasteiger partial charge is 0.493 e. The third-order valence-corrected chi connectivity index (χ3v) is 5.38. The lowest BCUT2D eigenvalue weighted by Crippen LogP contribution is -2.24. The van der Waals surface area contributed by atoms with Crippen LogP contribution in [-0.2, 0) is 16.2 Å². The summed E-state index contributed by atoms with van der Waals surface area (Å²) in [6, 6.07) is 20.0. The number of rotatable bonds is 9. The number of hydrazone groups is 1. The van der Waals surface area contributed by atoms with Crippen LogP contribution < -0.4 is 20.2 Å². The molecule has 170 valence electrons. The van der Waals surface area contributed by atoms with Gasteiger partial charge in [-0.15, -0.1) is 0 Å². The lowest BCUT2D eigenvalue weighted by atomic mass is 10.2. The van der Waals surface area contributed by atoms with Gasteiger partial charge in [-0.1, -0.05) is 41.9 Å². The number of halogens is 2. The van der Waals surface area contributed by atoms with Crippen molar-refractivity contribution in [2.75, 3.05) is 12.4 Å². The highest BCUT2D eigenvalue weighted by atomic mass is 127. The Kier molecular flexibility index (Phi) is 9.08. The van der Waals surface area contributed by atoms with E-state index in [1.807, 2.05) is 36.4 Å². The van der Waals surface area contributed by atoms with E-state index in [-0.39, 0.29) is 6.42 Å². The molecule has 3 rings (SSSR count). The Morgan fingerprint density at radius 2 is 1.79 bits per heavy atom. The van der Waals surface area contributed by atoms with Crippen LogP contribution in [0.25, 0.3) is 0 Å². The average Bonchev–Trinajstić information content (AvgIpc) is 2.80. The molecule has 0 atom stereocenters. The molecule has 0 unspecified atom stereocenters. The number of amides is 2. The maximum absolute atomic E-state index is 12.0. The number of ether oxygens (including phenoxy) is 2. The average molecular weight is 578 g/mol. The molecule has 0 aliphatic carbocycles. The Balaban J connectivity index is 1.55. The van der Waals surface area contributed by atoms with Gasteiger partial charge in [-0.2, -0.15) is 5.10 Å². The summed E-state index contributed by atoms with van der Waals surface area (Å²) in [5.74, 6) is 0.179. The highest BCUT2D eigenvalue weighted by Gasteiger charge is 2.12. The molecule has 2 N–H and O–H groups in total. The van der Waals surface area contributed by atoms with Crippen molar-refractivity contribution in [2.24, 2.45) is 5.10 Å². The topological polar surface area (TPSA) is 89.0 Å². The minimum Gasteiger partial charge on any atom is -0.493 e. The summed E-state index contributed by atoms with van der Waals surface area (Å²) >= 11 is 7.97. The zero-order valence-corrected chi connectivity index (χ0v) is 20.6. The van der Waals surface area contributed by atoms with Crippen LogP contribution in [0.1, 0.15) is 17.5 Å². The Bertz CT molecular complexity index is 1140. The normalized spacial score (nSPS) is 10.6. The predicted molar refractivity (Wildman–Crippen MR) is 137 cm³/mol. The van der Waals surface area contributed by atoms with Crippen molar-refractivity contribution < 1.29 is 19.1 Å². The highest BCUT2D eigenvalue weighted by Crippen LogP contribution is 2.34. The molecule has 0 heterocycles. The molecule has 3 aromatic carbocycles. The fraction of sp³-hybridized carbons (Fsp3) is 0.125. The van der Waals surface area contributed by atoms with Crippen LogP contribution in [0.3, 0.4) is 0 Å². The van der Waals surface area contributed by atoms with Crippen LogP contribution in [0.2, 0.25) is 5.02 Å². The molecule has 0 aromatic heterocycles. The smallest absolute Gasteiger partial charge is 0.249 e. The van der Waals surface area contributed by atoms with Gasteiger partial charge in [0.2, 0.25) is 11.8 Å². The van der Waals surface area contributed by atoms with E-state index in [1.54, 1.807) is 37.4 Å². The van der Waals surface area contributed by atoms with Gasteiger partial charge in [0.1, 0.15) is 13.0 Å². The molecular formula is C24H21ClIN3O4. The number of hydrogen-bond acceptors (Lipinski definition) is 5. The van der Waals surface area contributed by atoms with E-state index in [0.29, 0.717) is 34.4 Å². The Hall–Kier alpha value is -3.11. The fourth-order valence-electron chi connectivity index (χ4n) is 2.79. The number of methoxy groups -OCH3 is 1. The number of nitrogens with zero attached hydrogens (tertiary/aromatic N) is 1. The van der Waals surface area contributed by atoms with Crippen molar-refractivity contribution in [3.05, 3.63) is 86.4 Å². The van der Waals surface area contributed by atoms with Crippen molar-refractivity contribution in [3.63, 3.8) is 0 Å². The molecule has 0 saturated carbocycles. The molecule has 33 heavy (non-hydrogen) atoms. The van der Waals surface area contributed by atoms with Crippen LogP contribution in [0.15, 0.2) is 71.8 Å². The van der Waals surface area contributed by atoms with E-state index in [4.69, 9.17) is 21.1 Å². The number of carbonyl (C=O) groups is 2. The summed E-state index contributed by atoms with van der Waals surface area (Å²) in [5, 5.41) is 7.11. The number of benzene rings is 3. The first-order valence-corrected chi connectivity index (χ1v) is 11.3. The molecule has 0 bridgehead atoms. The van der Waals surface area contributed by atoms with Gasteiger partial charge in [0.15, 0.2) is 11.5 Å². The molecule has 0 spiro atoms. The van der Waals surface area contributed by atoms with E-state index in [0.717, 1.165) is 9.13 Å². The SMILES string of the molecule is COc1cc(C=NNC(=O)CC(=O)Nc2ccc(Cl)cc2)cc(I)c1OCc1ccccc1. The summed E-state index contributed by atoms with van der Waals surface area (Å²) < 4.78 is 12.2. The quantitative estimate of drug-likeness (QED) is 0.162. The van der Waals surface area contributed by atoms with Gasteiger partial charge in [0.05, 0.1) is 16.9 Å². The molecule has 0 fully saturated rings. The Morgan fingerprint density at radius 3 is 2.48 bits per heavy atom. The summed E-state index contributed by atoms with van der Waals surface area (Å²) in [7, 11) is 1.56. The molecular weight excluding hydrogens is 557 g/mol. The van der Waals surface area contributed by atoms with Crippen LogP contribution in [0.4, 0.5) is 5.69 Å². The molecule has 2 amide bonds. The second kappa shape index (κ2) is 12.2. The van der Waals surface area contributed by atoms with Crippen molar-refractivity contribution in [1.82, 2.24) is 5.43 Å². The van der Waals surface area contributed by atoms with E-state index in [9.17, 15) is 9.59 Å². The second-order valence-electron chi connectivity index (χ2n) is 6.83. The fourth-order valence-corrected chi connectivity index (χ4v) is 3.69. The van der Waals surface area contributed by atoms with Gasteiger partial charge >= 0.3 is 0 Å². The number of hydrogen-bond donors (Lipinski definition) is 2. The number of carbonyl (C=O) groups excluding carboxylic acids is 2. The first-order chi connectivity index (χ1) is 15.9. The summed E-state index contributed by atoms with van der Waals surface area (Å²) in [6.07, 6.45) is 1.10. The maximum Gasteiger partial charge on any atom is 0.249 e. The molecule has 0 saturated heterocycles. The van der Waals surface area contributed by atoms with E-state index in [1.165, 1.54) is 6.21 Å². The third kappa shape index (κ3) is 7.76. The van der Waals surface area contributed by atoms with E-state index in [2.05, 4.69) is 38.4 Å². The zero-order valence-electron chi connectivity index (χ0n) is 17.7. The molecule has 0 aliphatic heterocycles. The lowest BCUT2D eigenvalue weighted by Gasteiger charge is -2.13. The van der Waals surface area contributed by atoms with Crippen LogP contribution in [0, 0.1) is 3.57 Å². The van der Waals surface area contributed by atoms with Crippen molar-refractivity contribution >= 4 is 57.9 Å². The van der Waals surface area contributed by atoms with Crippen molar-refractivity contribution in [3.8, 4) is 11.5 Å². The molecule has 3 aromatic rings. The zero-order chi connectivity index (χ0) is 23.6. The van der Waals surface area contributed by atoms with E-state index < -0.39 is 11.8 Å². The van der Waals surface area contributed by atoms with Crippen LogP contribution >= 0.6 is 34.2 Å². The standard InChI is InChI=1S/C24H21ClIN3O4/c1-32-21-12-17(11-20(26)24(21)33-15-16-5-3-2-4-6-16)14-27-29-23(31)13-22(30)28-19-9-7-18(25)8-10-19/h2-12,14H,13,15H2,1H3,(H,28,30)(H,29,31). The second-order valence-corrected chi connectivity index (χ2v) is 8.43. The van der Waals surface area contributed by atoms with Gasteiger partial charge in [-0.25, -0.2) is 5.43 Å². The lowest BCUT2D eigenvalue weighted by molar-refractivity contribution is -0.126. The van der Waals surface area contributed by atoms with Gasteiger partial charge in [0.25, 0.3) is 0 Å². The van der Waals surface area contributed by atoms with Gasteiger partial charge in [0, 0.05) is 10.7 Å². The van der Waals surface area contributed by atoms with Gasteiger partial charge < -0.3 is 14.8 Å². The molecule has 9 heteroatoms. The molecule has 0 aliphatic rings. The van der Waals surface area contributed by atoms with Gasteiger partial charge in [-0.3, -0.25) is 9.59 Å². The minimum absolute atomic E-state index is 0.368. The van der Waals surface area contributed by atoms with Crippen molar-refractivity contribution in [2.45, 2.75) is 13.0 Å². The highest BCUT2D eigenvalue weighted by molar-refractivity contribution is 14.1. The Morgan fingerprint density at radius 1 is 1.06 bits per heavy atom. The molecule has 7 nitrogen and oxygen atoms in total. The molecule has 0 radical (unpaired) electrons. The van der Waals surface area contributed by atoms with Gasteiger partial charge in [-0.05, 0) is 70.1 Å². The minimum atomic E-state index is -0.540. The number of anilines is 1. The monoisotopic (exact) mass is 577 g/mol. The number of nitrogens with one attached hydrogen (secondary N) is 2. The first-order valence-electron chi connectivity index (χ1n) is 9.86. The summed E-state index contributed by atoms with van der Waals surface area (Å²) in [6.45, 7) is 0.411. The van der Waals surface area contributed by atoms with Crippen LogP contribution in [0.5, 0.6) is 11.5 Å². The van der Waals surface area contributed by atoms with E-state index >= 15 is 0 Å². The third-order valence-electron chi connectivity index (χ3n) is 4.33. The first kappa shape index (κ1) is 24.5. The summed E-state index contributed by atoms with van der Waals surface area (Å²) in [5.41, 5.74) is 4.65.